The molecule has 4 amide bonds. The third kappa shape index (κ3) is 8.42. The summed E-state index contributed by atoms with van der Waals surface area (Å²) in [6.45, 7) is 1.92. The maximum absolute atomic E-state index is 13.3. The number of benzene rings is 4. The minimum atomic E-state index is -0.540. The number of hydrogen-bond acceptors (Lipinski definition) is 5. The molecule has 4 aromatic carbocycles. The molecule has 0 radical (unpaired) electrons. The van der Waals surface area contributed by atoms with Gasteiger partial charge in [-0.3, -0.25) is 19.2 Å². The van der Waals surface area contributed by atoms with Crippen LogP contribution in [0.5, 0.6) is 0 Å². The second kappa shape index (κ2) is 13.8. The first-order chi connectivity index (χ1) is 19.8. The first kappa shape index (κ1) is 28.8. The predicted octanol–water partition coefficient (Wildman–Crippen LogP) is 5.23. The van der Waals surface area contributed by atoms with Crippen molar-refractivity contribution in [2.75, 3.05) is 16.4 Å². The van der Waals surface area contributed by atoms with E-state index in [2.05, 4.69) is 16.0 Å². The van der Waals surface area contributed by atoms with Gasteiger partial charge in [0.2, 0.25) is 11.8 Å². The molecule has 0 aromatic heterocycles. The van der Waals surface area contributed by atoms with Crippen LogP contribution in [-0.4, -0.2) is 29.4 Å². The average Bonchev–Trinajstić information content (AvgIpc) is 2.97. The number of amides is 4. The Hall–Kier alpha value is -5.15. The Kier molecular flexibility index (Phi) is 9.69. The van der Waals surface area contributed by atoms with Gasteiger partial charge >= 0.3 is 0 Å². The van der Waals surface area contributed by atoms with E-state index < -0.39 is 17.7 Å². The van der Waals surface area contributed by atoms with Crippen LogP contribution in [-0.2, 0) is 9.59 Å². The second-order valence-electron chi connectivity index (χ2n) is 9.00. The van der Waals surface area contributed by atoms with Crippen molar-refractivity contribution in [1.29, 1.82) is 0 Å². The monoisotopic (exact) mass is 564 g/mol. The molecule has 0 atom stereocenters. The van der Waals surface area contributed by atoms with Crippen molar-refractivity contribution >= 4 is 52.8 Å². The number of thioether (sulfide) groups is 1. The van der Waals surface area contributed by atoms with Gasteiger partial charge in [-0.2, -0.15) is 0 Å². The Morgan fingerprint density at radius 2 is 1.46 bits per heavy atom. The molecule has 0 heterocycles. The standard InChI is InChI=1S/C32H28N4O4S/c1-21-8-5-6-11-24(21)18-28(36-31(39)23-9-3-2-4-10-23)32(40)35-26-12-7-13-27(19-26)41-20-29(37)34-25-16-14-22(15-17-25)30(33)38/h2-19H,20H2,1H3,(H2,33,38)(H,34,37)(H,35,40)(H,36,39)/b28-18-. The van der Waals surface area contributed by atoms with Gasteiger partial charge in [0.05, 0.1) is 5.75 Å². The molecular formula is C32H28N4O4S. The maximum Gasteiger partial charge on any atom is 0.272 e. The molecule has 0 bridgehead atoms. The molecule has 4 rings (SSSR count). The number of carbonyl (C=O) groups is 4. The van der Waals surface area contributed by atoms with Crippen molar-refractivity contribution in [2.24, 2.45) is 5.73 Å². The Bertz CT molecular complexity index is 1600. The molecule has 0 fully saturated rings. The summed E-state index contributed by atoms with van der Waals surface area (Å²) < 4.78 is 0. The zero-order valence-corrected chi connectivity index (χ0v) is 23.0. The number of carbonyl (C=O) groups excluding carboxylic acids is 4. The molecule has 0 unspecified atom stereocenters. The Balaban J connectivity index is 1.43. The van der Waals surface area contributed by atoms with Crippen LogP contribution in [0, 0.1) is 6.92 Å². The van der Waals surface area contributed by atoms with E-state index in [4.69, 9.17) is 5.73 Å². The van der Waals surface area contributed by atoms with Gasteiger partial charge in [0.1, 0.15) is 5.70 Å². The highest BCUT2D eigenvalue weighted by Crippen LogP contribution is 2.23. The zero-order valence-electron chi connectivity index (χ0n) is 22.2. The van der Waals surface area contributed by atoms with Crippen LogP contribution in [0.1, 0.15) is 31.8 Å². The van der Waals surface area contributed by atoms with E-state index in [-0.39, 0.29) is 17.4 Å². The van der Waals surface area contributed by atoms with E-state index >= 15 is 0 Å². The lowest BCUT2D eigenvalue weighted by molar-refractivity contribution is -0.114. The fourth-order valence-electron chi connectivity index (χ4n) is 3.77. The fraction of sp³-hybridized carbons (Fsp3) is 0.0625. The lowest BCUT2D eigenvalue weighted by atomic mass is 10.1. The van der Waals surface area contributed by atoms with E-state index in [1.807, 2.05) is 43.3 Å². The van der Waals surface area contributed by atoms with Crippen molar-refractivity contribution in [3.63, 3.8) is 0 Å². The average molecular weight is 565 g/mol. The van der Waals surface area contributed by atoms with E-state index in [1.165, 1.54) is 11.8 Å². The molecule has 0 saturated carbocycles. The van der Waals surface area contributed by atoms with Crippen molar-refractivity contribution in [1.82, 2.24) is 5.32 Å². The van der Waals surface area contributed by atoms with E-state index in [1.54, 1.807) is 72.8 Å². The number of anilines is 2. The third-order valence-corrected chi connectivity index (χ3v) is 6.93. The zero-order chi connectivity index (χ0) is 29.2. The molecule has 0 aliphatic heterocycles. The van der Waals surface area contributed by atoms with Crippen molar-refractivity contribution < 1.29 is 19.2 Å². The summed E-state index contributed by atoms with van der Waals surface area (Å²) in [5.74, 6) is -1.54. The minimum Gasteiger partial charge on any atom is -0.366 e. The van der Waals surface area contributed by atoms with Crippen molar-refractivity contribution in [2.45, 2.75) is 11.8 Å². The molecule has 41 heavy (non-hydrogen) atoms. The van der Waals surface area contributed by atoms with Crippen LogP contribution < -0.4 is 21.7 Å². The first-order valence-corrected chi connectivity index (χ1v) is 13.6. The van der Waals surface area contributed by atoms with Gasteiger partial charge in [0, 0.05) is 27.4 Å². The maximum atomic E-state index is 13.3. The fourth-order valence-corrected chi connectivity index (χ4v) is 4.53. The lowest BCUT2D eigenvalue weighted by Crippen LogP contribution is -2.30. The van der Waals surface area contributed by atoms with Gasteiger partial charge in [-0.15, -0.1) is 11.8 Å². The minimum absolute atomic E-state index is 0.0907. The van der Waals surface area contributed by atoms with Crippen molar-refractivity contribution in [3.05, 3.63) is 131 Å². The molecule has 0 aliphatic carbocycles. The van der Waals surface area contributed by atoms with Gasteiger partial charge in [-0.25, -0.2) is 0 Å². The van der Waals surface area contributed by atoms with Crippen LogP contribution in [0.2, 0.25) is 0 Å². The topological polar surface area (TPSA) is 130 Å². The molecule has 4 aromatic rings. The highest BCUT2D eigenvalue weighted by atomic mass is 32.2. The quantitative estimate of drug-likeness (QED) is 0.155. The van der Waals surface area contributed by atoms with Gasteiger partial charge in [-0.1, -0.05) is 48.5 Å². The second-order valence-corrected chi connectivity index (χ2v) is 10.0. The van der Waals surface area contributed by atoms with Crippen LogP contribution in [0.25, 0.3) is 6.08 Å². The van der Waals surface area contributed by atoms with E-state index in [0.29, 0.717) is 22.5 Å². The SMILES string of the molecule is Cc1ccccc1/C=C(\NC(=O)c1ccccc1)C(=O)Nc1cccc(SCC(=O)Nc2ccc(C(N)=O)cc2)c1. The molecule has 206 valence electrons. The highest BCUT2D eigenvalue weighted by Gasteiger charge is 2.16. The van der Waals surface area contributed by atoms with Crippen LogP contribution >= 0.6 is 11.8 Å². The summed E-state index contributed by atoms with van der Waals surface area (Å²) in [5, 5.41) is 8.36. The molecular weight excluding hydrogens is 536 g/mol. The van der Waals surface area contributed by atoms with Gasteiger partial charge < -0.3 is 21.7 Å². The Labute approximate surface area is 242 Å². The normalized spacial score (nSPS) is 10.9. The summed E-state index contributed by atoms with van der Waals surface area (Å²) in [7, 11) is 0. The number of nitrogens with one attached hydrogen (secondary N) is 3. The Morgan fingerprint density at radius 1 is 0.756 bits per heavy atom. The van der Waals surface area contributed by atoms with E-state index in [9.17, 15) is 19.2 Å². The smallest absolute Gasteiger partial charge is 0.272 e. The van der Waals surface area contributed by atoms with Crippen LogP contribution in [0.4, 0.5) is 11.4 Å². The number of hydrogen-bond donors (Lipinski definition) is 4. The number of aryl methyl sites for hydroxylation is 1. The Morgan fingerprint density at radius 3 is 2.17 bits per heavy atom. The van der Waals surface area contributed by atoms with Crippen molar-refractivity contribution in [3.8, 4) is 0 Å². The van der Waals surface area contributed by atoms with E-state index in [0.717, 1.165) is 16.0 Å². The van der Waals surface area contributed by atoms with Gasteiger partial charge in [0.15, 0.2) is 0 Å². The third-order valence-electron chi connectivity index (χ3n) is 5.93. The number of nitrogens with two attached hydrogens (primary N) is 1. The molecule has 0 aliphatic rings. The van der Waals surface area contributed by atoms with Gasteiger partial charge in [-0.05, 0) is 78.7 Å². The lowest BCUT2D eigenvalue weighted by Gasteiger charge is -2.13. The number of primary amides is 1. The molecule has 9 heteroatoms. The van der Waals surface area contributed by atoms with Crippen LogP contribution in [0.15, 0.2) is 114 Å². The molecule has 0 spiro atoms. The molecule has 8 nitrogen and oxygen atoms in total. The number of rotatable bonds is 10. The predicted molar refractivity (Wildman–Crippen MR) is 162 cm³/mol. The summed E-state index contributed by atoms with van der Waals surface area (Å²) in [6.07, 6.45) is 1.64. The molecule has 0 saturated heterocycles. The summed E-state index contributed by atoms with van der Waals surface area (Å²) in [6, 6.07) is 29.6. The largest absolute Gasteiger partial charge is 0.366 e. The summed E-state index contributed by atoms with van der Waals surface area (Å²) in [4.78, 5) is 50.6. The summed E-state index contributed by atoms with van der Waals surface area (Å²) >= 11 is 1.30. The first-order valence-electron chi connectivity index (χ1n) is 12.7. The molecule has 5 N–H and O–H groups in total. The highest BCUT2D eigenvalue weighted by molar-refractivity contribution is 8.00. The van der Waals surface area contributed by atoms with Gasteiger partial charge in [0.25, 0.3) is 11.8 Å². The summed E-state index contributed by atoms with van der Waals surface area (Å²) in [5.41, 5.74) is 8.92. The van der Waals surface area contributed by atoms with Crippen LogP contribution in [0.3, 0.4) is 0 Å².